The minimum atomic E-state index is 0.692. The summed E-state index contributed by atoms with van der Waals surface area (Å²) in [5.41, 5.74) is 6.36. The Morgan fingerprint density at radius 3 is 3.55 bits per heavy atom. The molecule has 0 saturated carbocycles. The lowest BCUT2D eigenvalue weighted by atomic mass is 10.3. The summed E-state index contributed by atoms with van der Waals surface area (Å²) in [6.45, 7) is 0.810. The lowest BCUT2D eigenvalue weighted by Gasteiger charge is -2.02. The van der Waals surface area contributed by atoms with E-state index in [1.54, 1.807) is 6.20 Å². The first-order valence-corrected chi connectivity index (χ1v) is 3.40. The Bertz CT molecular complexity index is 227. The summed E-state index contributed by atoms with van der Waals surface area (Å²) in [5.74, 6) is 0.692. The molecule has 2 N–H and O–H groups in total. The topological polar surface area (TPSA) is 59.1 Å². The summed E-state index contributed by atoms with van der Waals surface area (Å²) in [7, 11) is 0. The first kappa shape index (κ1) is 6.51. The van der Waals surface area contributed by atoms with Crippen LogP contribution in [0.2, 0.25) is 0 Å². The van der Waals surface area contributed by atoms with Gasteiger partial charge >= 0.3 is 0 Å². The zero-order valence-electron chi connectivity index (χ0n) is 5.87. The van der Waals surface area contributed by atoms with Crippen molar-refractivity contribution in [1.29, 1.82) is 0 Å². The van der Waals surface area contributed by atoms with E-state index in [2.05, 4.69) is 21.0 Å². The normalized spacial score (nSPS) is 16.4. The number of fused-ring (bicyclic) bond motifs is 1. The van der Waals surface area contributed by atoms with Gasteiger partial charge < -0.3 is 4.84 Å². The zero-order valence-corrected chi connectivity index (χ0v) is 5.87. The number of rotatable bonds is 0. The Morgan fingerprint density at radius 2 is 2.55 bits per heavy atom. The van der Waals surface area contributed by atoms with E-state index in [1.807, 2.05) is 0 Å². The van der Waals surface area contributed by atoms with E-state index in [0.29, 0.717) is 5.75 Å². The third kappa shape index (κ3) is 1.28. The fourth-order valence-corrected chi connectivity index (χ4v) is 0.938. The van der Waals surface area contributed by atoms with Crippen LogP contribution in [0.1, 0.15) is 5.69 Å². The van der Waals surface area contributed by atoms with Gasteiger partial charge in [-0.05, 0) is 0 Å². The molecule has 2 rings (SSSR count). The highest BCUT2D eigenvalue weighted by Crippen LogP contribution is 2.13. The molecule has 1 aliphatic rings. The number of nitrogens with zero attached hydrogens (tertiary/aromatic N) is 2. The molecule has 0 saturated heterocycles. The van der Waals surface area contributed by atoms with E-state index in [1.165, 1.54) is 6.33 Å². The van der Waals surface area contributed by atoms with E-state index in [-0.39, 0.29) is 0 Å². The Labute approximate surface area is 63.7 Å². The van der Waals surface area contributed by atoms with Gasteiger partial charge in [-0.2, -0.15) is 0 Å². The average molecular weight is 152 g/mol. The van der Waals surface area contributed by atoms with Gasteiger partial charge in [0.25, 0.3) is 0 Å². The summed E-state index contributed by atoms with van der Waals surface area (Å²) in [5, 5.41) is 0. The molecule has 0 bridgehead atoms. The number of hydrogen-bond donors (Lipinski definition) is 2. The van der Waals surface area contributed by atoms with Crippen molar-refractivity contribution in [2.45, 2.75) is 6.42 Å². The lowest BCUT2D eigenvalue weighted by molar-refractivity contribution is 0.157. The quantitative estimate of drug-likeness (QED) is 0.521. The molecule has 2 heterocycles. The van der Waals surface area contributed by atoms with Gasteiger partial charge in [0.05, 0.1) is 11.9 Å². The van der Waals surface area contributed by atoms with Gasteiger partial charge in [0.1, 0.15) is 6.33 Å². The van der Waals surface area contributed by atoms with Crippen molar-refractivity contribution in [2.75, 3.05) is 6.54 Å². The molecule has 58 valence electrons. The first-order valence-electron chi connectivity index (χ1n) is 3.40. The van der Waals surface area contributed by atoms with Crippen LogP contribution in [0.15, 0.2) is 12.5 Å². The molecule has 0 spiro atoms. The lowest BCUT2D eigenvalue weighted by Crippen LogP contribution is -2.33. The van der Waals surface area contributed by atoms with Crippen LogP contribution < -0.4 is 15.9 Å². The van der Waals surface area contributed by atoms with Gasteiger partial charge in [0.2, 0.25) is 0 Å². The number of nitrogens with one attached hydrogen (secondary N) is 2. The van der Waals surface area contributed by atoms with Crippen molar-refractivity contribution in [3.8, 4) is 5.75 Å². The molecule has 5 nitrogen and oxygen atoms in total. The number of hydrogen-bond acceptors (Lipinski definition) is 5. The molecule has 0 amide bonds. The van der Waals surface area contributed by atoms with Crippen molar-refractivity contribution in [3.63, 3.8) is 0 Å². The highest BCUT2D eigenvalue weighted by Gasteiger charge is 2.08. The van der Waals surface area contributed by atoms with Crippen LogP contribution in [0.25, 0.3) is 0 Å². The fraction of sp³-hybridized carbons (Fsp3) is 0.333. The van der Waals surface area contributed by atoms with Gasteiger partial charge in [-0.1, -0.05) is 5.59 Å². The van der Waals surface area contributed by atoms with Crippen LogP contribution in [0, 0.1) is 0 Å². The van der Waals surface area contributed by atoms with E-state index in [9.17, 15) is 0 Å². The van der Waals surface area contributed by atoms with E-state index >= 15 is 0 Å². The second-order valence-electron chi connectivity index (χ2n) is 2.21. The summed E-state index contributed by atoms with van der Waals surface area (Å²) in [6, 6.07) is 0. The summed E-state index contributed by atoms with van der Waals surface area (Å²) < 4.78 is 0. The van der Waals surface area contributed by atoms with Crippen LogP contribution in [-0.4, -0.2) is 16.5 Å². The van der Waals surface area contributed by atoms with Crippen molar-refractivity contribution in [3.05, 3.63) is 18.2 Å². The van der Waals surface area contributed by atoms with Crippen molar-refractivity contribution >= 4 is 0 Å². The number of hydrazine groups is 1. The van der Waals surface area contributed by atoms with Crippen LogP contribution in [-0.2, 0) is 6.42 Å². The zero-order chi connectivity index (χ0) is 7.52. The largest absolute Gasteiger partial charge is 0.390 e. The van der Waals surface area contributed by atoms with E-state index < -0.39 is 0 Å². The Kier molecular flexibility index (Phi) is 1.66. The Morgan fingerprint density at radius 1 is 1.55 bits per heavy atom. The predicted octanol–water partition coefficient (Wildman–Crippen LogP) is -0.579. The molecule has 0 fully saturated rings. The molecule has 0 unspecified atom stereocenters. The number of aromatic nitrogens is 2. The third-order valence-electron chi connectivity index (χ3n) is 1.48. The highest BCUT2D eigenvalue weighted by molar-refractivity contribution is 5.23. The summed E-state index contributed by atoms with van der Waals surface area (Å²) in [6.07, 6.45) is 4.01. The predicted molar refractivity (Wildman–Crippen MR) is 37.5 cm³/mol. The molecule has 5 heteroatoms. The SMILES string of the molecule is c1ncc2c(n1)CCNNO2. The molecular weight excluding hydrogens is 144 g/mol. The second kappa shape index (κ2) is 2.81. The maximum atomic E-state index is 5.06. The smallest absolute Gasteiger partial charge is 0.188 e. The van der Waals surface area contributed by atoms with Crippen LogP contribution >= 0.6 is 0 Å². The molecule has 11 heavy (non-hydrogen) atoms. The van der Waals surface area contributed by atoms with Gasteiger partial charge in [0.15, 0.2) is 5.75 Å². The maximum absolute atomic E-state index is 5.06. The van der Waals surface area contributed by atoms with Crippen LogP contribution in [0.5, 0.6) is 5.75 Å². The van der Waals surface area contributed by atoms with Gasteiger partial charge in [-0.3, -0.25) is 0 Å². The minimum Gasteiger partial charge on any atom is -0.390 e. The van der Waals surface area contributed by atoms with E-state index in [4.69, 9.17) is 4.84 Å². The van der Waals surface area contributed by atoms with Gasteiger partial charge in [0, 0.05) is 13.0 Å². The maximum Gasteiger partial charge on any atom is 0.188 e. The van der Waals surface area contributed by atoms with E-state index in [0.717, 1.165) is 18.7 Å². The first-order chi connectivity index (χ1) is 5.47. The fourth-order valence-electron chi connectivity index (χ4n) is 0.938. The van der Waals surface area contributed by atoms with Crippen molar-refractivity contribution in [1.82, 2.24) is 21.0 Å². The molecule has 0 radical (unpaired) electrons. The molecule has 1 aromatic rings. The molecule has 1 aliphatic heterocycles. The molecule has 0 atom stereocenters. The molecule has 1 aromatic heterocycles. The Hall–Kier alpha value is -1.20. The standard InChI is InChI=1S/C6H8N4O/c1-2-9-10-11-6-3-7-4-8-5(1)6/h3-4,9-10H,1-2H2. The highest BCUT2D eigenvalue weighted by atomic mass is 16.7. The monoisotopic (exact) mass is 152 g/mol. The molecule has 0 aromatic carbocycles. The van der Waals surface area contributed by atoms with Gasteiger partial charge in [-0.25, -0.2) is 15.4 Å². The average Bonchev–Trinajstić information content (AvgIpc) is 2.28. The van der Waals surface area contributed by atoms with Gasteiger partial charge in [-0.15, -0.1) is 0 Å². The van der Waals surface area contributed by atoms with Crippen molar-refractivity contribution in [2.24, 2.45) is 0 Å². The molecular formula is C6H8N4O. The third-order valence-corrected chi connectivity index (χ3v) is 1.48. The van der Waals surface area contributed by atoms with Crippen LogP contribution in [0.4, 0.5) is 0 Å². The summed E-state index contributed by atoms with van der Waals surface area (Å²) >= 11 is 0. The van der Waals surface area contributed by atoms with Crippen LogP contribution in [0.3, 0.4) is 0 Å². The Balaban J connectivity index is 2.33. The summed E-state index contributed by atoms with van der Waals surface area (Å²) in [4.78, 5) is 13.0. The minimum absolute atomic E-state index is 0.692. The van der Waals surface area contributed by atoms with Crippen molar-refractivity contribution < 1.29 is 4.84 Å². The molecule has 0 aliphatic carbocycles. The second-order valence-corrected chi connectivity index (χ2v) is 2.21.